The van der Waals surface area contributed by atoms with Crippen molar-refractivity contribution in [3.63, 3.8) is 0 Å². The molecule has 0 radical (unpaired) electrons. The highest BCUT2D eigenvalue weighted by molar-refractivity contribution is 5.90. The molecular weight excluding hydrogens is 262 g/mol. The maximum absolute atomic E-state index is 11.5. The fraction of sp³-hybridized carbons (Fsp3) is 0.286. The molecule has 6 heteroatoms. The van der Waals surface area contributed by atoms with Crippen LogP contribution in [0, 0.1) is 0 Å². The van der Waals surface area contributed by atoms with E-state index in [1.165, 1.54) is 33.3 Å². The number of carbonyl (C=O) groups is 2. The number of ether oxygens (including phenoxy) is 3. The second-order valence-electron chi connectivity index (χ2n) is 3.90. The summed E-state index contributed by atoms with van der Waals surface area (Å²) in [6, 6.07) is 5.25. The molecule has 0 bridgehead atoms. The summed E-state index contributed by atoms with van der Waals surface area (Å²) in [5, 5.41) is 0. The quantitative estimate of drug-likeness (QED) is 0.623. The first-order valence-electron chi connectivity index (χ1n) is 5.88. The van der Waals surface area contributed by atoms with Crippen LogP contribution in [0.25, 0.3) is 6.08 Å². The topological polar surface area (TPSA) is 87.9 Å². The van der Waals surface area contributed by atoms with Crippen molar-refractivity contribution in [2.45, 2.75) is 13.0 Å². The molecule has 1 rings (SSSR count). The number of hydrogen-bond acceptors (Lipinski definition) is 5. The molecule has 0 aliphatic heterocycles. The van der Waals surface area contributed by atoms with E-state index in [1.807, 2.05) is 0 Å². The number of amides is 1. The van der Waals surface area contributed by atoms with Gasteiger partial charge in [-0.05, 0) is 19.1 Å². The van der Waals surface area contributed by atoms with Crippen LogP contribution >= 0.6 is 0 Å². The number of esters is 1. The van der Waals surface area contributed by atoms with E-state index in [1.54, 1.807) is 18.2 Å². The lowest BCUT2D eigenvalue weighted by atomic mass is 10.1. The van der Waals surface area contributed by atoms with E-state index in [2.05, 4.69) is 0 Å². The molecule has 1 atom stereocenters. The first kappa shape index (κ1) is 15.6. The van der Waals surface area contributed by atoms with E-state index in [0.717, 1.165) is 0 Å². The van der Waals surface area contributed by atoms with Gasteiger partial charge in [-0.15, -0.1) is 0 Å². The molecule has 6 nitrogen and oxygen atoms in total. The Balaban J connectivity index is 2.85. The normalized spacial score (nSPS) is 11.9. The van der Waals surface area contributed by atoms with Crippen molar-refractivity contribution in [3.05, 3.63) is 29.8 Å². The van der Waals surface area contributed by atoms with Crippen LogP contribution in [0.2, 0.25) is 0 Å². The Morgan fingerprint density at radius 3 is 2.50 bits per heavy atom. The first-order chi connectivity index (χ1) is 9.49. The van der Waals surface area contributed by atoms with Gasteiger partial charge in [0.1, 0.15) is 0 Å². The smallest absolute Gasteiger partial charge is 0.331 e. The highest BCUT2D eigenvalue weighted by atomic mass is 16.5. The third-order valence-corrected chi connectivity index (χ3v) is 2.53. The van der Waals surface area contributed by atoms with E-state index in [9.17, 15) is 9.59 Å². The molecule has 1 unspecified atom stereocenters. The van der Waals surface area contributed by atoms with Crippen LogP contribution in [0.15, 0.2) is 24.3 Å². The van der Waals surface area contributed by atoms with E-state index in [0.29, 0.717) is 17.1 Å². The molecule has 20 heavy (non-hydrogen) atoms. The lowest BCUT2D eigenvalue weighted by Crippen LogP contribution is -2.29. The van der Waals surface area contributed by atoms with Crippen LogP contribution in [0.1, 0.15) is 12.5 Å². The van der Waals surface area contributed by atoms with Crippen LogP contribution in [0.4, 0.5) is 0 Å². The van der Waals surface area contributed by atoms with E-state index in [-0.39, 0.29) is 0 Å². The predicted molar refractivity (Wildman–Crippen MR) is 73.3 cm³/mol. The number of methoxy groups -OCH3 is 2. The maximum atomic E-state index is 11.5. The van der Waals surface area contributed by atoms with Gasteiger partial charge in [0.15, 0.2) is 17.6 Å². The molecule has 0 aromatic heterocycles. The lowest BCUT2D eigenvalue weighted by Gasteiger charge is -2.10. The van der Waals surface area contributed by atoms with Gasteiger partial charge < -0.3 is 19.9 Å². The second-order valence-corrected chi connectivity index (χ2v) is 3.90. The SMILES string of the molecule is COc1cccc(/C=C/C(=O)OC(C)C(N)=O)c1OC. The number of carbonyl (C=O) groups excluding carboxylic acids is 2. The summed E-state index contributed by atoms with van der Waals surface area (Å²) in [6.07, 6.45) is 1.73. The minimum absolute atomic E-state index is 0.502. The van der Waals surface area contributed by atoms with Gasteiger partial charge in [-0.1, -0.05) is 12.1 Å². The average Bonchev–Trinajstić information content (AvgIpc) is 2.44. The summed E-state index contributed by atoms with van der Waals surface area (Å²) in [4.78, 5) is 22.3. The van der Waals surface area contributed by atoms with Gasteiger partial charge in [-0.25, -0.2) is 4.79 Å². The highest BCUT2D eigenvalue weighted by Gasteiger charge is 2.13. The van der Waals surface area contributed by atoms with Gasteiger partial charge >= 0.3 is 5.97 Å². The molecule has 0 aliphatic carbocycles. The summed E-state index contributed by atoms with van der Waals surface area (Å²) < 4.78 is 15.2. The molecule has 108 valence electrons. The Hall–Kier alpha value is -2.50. The van der Waals surface area contributed by atoms with Gasteiger partial charge in [-0.3, -0.25) is 4.79 Å². The summed E-state index contributed by atoms with van der Waals surface area (Å²) in [5.74, 6) is -0.317. The van der Waals surface area contributed by atoms with Crippen LogP contribution < -0.4 is 15.2 Å². The van der Waals surface area contributed by atoms with Crippen molar-refractivity contribution in [1.82, 2.24) is 0 Å². The maximum Gasteiger partial charge on any atom is 0.331 e. The average molecular weight is 279 g/mol. The molecule has 0 aliphatic rings. The summed E-state index contributed by atoms with van der Waals surface area (Å²) in [5.41, 5.74) is 5.65. The molecule has 0 saturated heterocycles. The van der Waals surface area contributed by atoms with Crippen LogP contribution in [-0.2, 0) is 14.3 Å². The lowest BCUT2D eigenvalue weighted by molar-refractivity contribution is -0.148. The van der Waals surface area contributed by atoms with Crippen molar-refractivity contribution >= 4 is 18.0 Å². The van der Waals surface area contributed by atoms with Crippen molar-refractivity contribution in [2.24, 2.45) is 5.73 Å². The number of hydrogen-bond donors (Lipinski definition) is 1. The second kappa shape index (κ2) is 7.18. The number of para-hydroxylation sites is 1. The van der Waals surface area contributed by atoms with Crippen LogP contribution in [0.5, 0.6) is 11.5 Å². The monoisotopic (exact) mass is 279 g/mol. The largest absolute Gasteiger partial charge is 0.493 e. The first-order valence-corrected chi connectivity index (χ1v) is 5.88. The van der Waals surface area contributed by atoms with Gasteiger partial charge in [-0.2, -0.15) is 0 Å². The summed E-state index contributed by atoms with van der Waals surface area (Å²) in [7, 11) is 3.02. The Morgan fingerprint density at radius 2 is 1.95 bits per heavy atom. The van der Waals surface area contributed by atoms with Crippen molar-refractivity contribution < 1.29 is 23.8 Å². The third kappa shape index (κ3) is 4.01. The molecule has 0 fully saturated rings. The predicted octanol–water partition coefficient (Wildman–Crippen LogP) is 1.13. The van der Waals surface area contributed by atoms with Gasteiger partial charge in [0.25, 0.3) is 5.91 Å². The van der Waals surface area contributed by atoms with Gasteiger partial charge in [0.05, 0.1) is 14.2 Å². The summed E-state index contributed by atoms with van der Waals surface area (Å²) >= 11 is 0. The molecule has 0 heterocycles. The number of benzene rings is 1. The Morgan fingerprint density at radius 1 is 1.25 bits per heavy atom. The molecule has 0 spiro atoms. The fourth-order valence-electron chi connectivity index (χ4n) is 1.47. The number of nitrogens with two attached hydrogens (primary N) is 1. The standard InChI is InChI=1S/C14H17NO5/c1-9(14(15)17)20-12(16)8-7-10-5-4-6-11(18-2)13(10)19-3/h4-9H,1-3H3,(H2,15,17)/b8-7+. The van der Waals surface area contributed by atoms with Crippen molar-refractivity contribution in [1.29, 1.82) is 0 Å². The molecule has 1 amide bonds. The third-order valence-electron chi connectivity index (χ3n) is 2.53. The minimum Gasteiger partial charge on any atom is -0.493 e. The molecular formula is C14H17NO5. The highest BCUT2D eigenvalue weighted by Crippen LogP contribution is 2.31. The Labute approximate surface area is 117 Å². The van der Waals surface area contributed by atoms with Crippen molar-refractivity contribution in [2.75, 3.05) is 14.2 Å². The van der Waals surface area contributed by atoms with E-state index >= 15 is 0 Å². The number of rotatable bonds is 6. The summed E-state index contributed by atoms with van der Waals surface area (Å²) in [6.45, 7) is 1.40. The van der Waals surface area contributed by atoms with E-state index in [4.69, 9.17) is 19.9 Å². The zero-order valence-electron chi connectivity index (χ0n) is 11.6. The minimum atomic E-state index is -0.973. The van der Waals surface area contributed by atoms with Gasteiger partial charge in [0, 0.05) is 11.6 Å². The number of primary amides is 1. The molecule has 2 N–H and O–H groups in total. The van der Waals surface area contributed by atoms with Crippen molar-refractivity contribution in [3.8, 4) is 11.5 Å². The molecule has 1 aromatic rings. The van der Waals surface area contributed by atoms with Crippen LogP contribution in [0.3, 0.4) is 0 Å². The zero-order valence-corrected chi connectivity index (χ0v) is 11.6. The molecule has 1 aromatic carbocycles. The zero-order chi connectivity index (χ0) is 15.1. The van der Waals surface area contributed by atoms with Gasteiger partial charge in [0.2, 0.25) is 0 Å². The molecule has 0 saturated carbocycles. The van der Waals surface area contributed by atoms with E-state index < -0.39 is 18.0 Å². The fourth-order valence-corrected chi connectivity index (χ4v) is 1.47. The van der Waals surface area contributed by atoms with Crippen LogP contribution in [-0.4, -0.2) is 32.2 Å². The Kier molecular flexibility index (Phi) is 5.58. The Bertz CT molecular complexity index is 524.